The summed E-state index contributed by atoms with van der Waals surface area (Å²) in [5.41, 5.74) is 7.83. The van der Waals surface area contributed by atoms with Gasteiger partial charge in [0.15, 0.2) is 0 Å². The zero-order valence-electron chi connectivity index (χ0n) is 16.0. The molecule has 2 aromatic heterocycles. The highest BCUT2D eigenvalue weighted by Gasteiger charge is 2.32. The van der Waals surface area contributed by atoms with Crippen LogP contribution in [0.25, 0.3) is 16.6 Å². The van der Waals surface area contributed by atoms with Crippen LogP contribution in [0.2, 0.25) is 0 Å². The Morgan fingerprint density at radius 2 is 2.11 bits per heavy atom. The van der Waals surface area contributed by atoms with Crippen LogP contribution in [0.15, 0.2) is 24.4 Å². The molecular weight excluding hydrogens is 356 g/mol. The number of hydrogen-bond acceptors (Lipinski definition) is 6. The molecule has 8 heteroatoms. The highest BCUT2D eigenvalue weighted by Crippen LogP contribution is 2.28. The molecule has 2 N–H and O–H groups in total. The second kappa shape index (κ2) is 6.63. The lowest BCUT2D eigenvalue weighted by molar-refractivity contribution is 0.0369. The van der Waals surface area contributed by atoms with Crippen molar-refractivity contribution in [2.45, 2.75) is 25.3 Å². The van der Waals surface area contributed by atoms with Crippen molar-refractivity contribution in [3.63, 3.8) is 0 Å². The lowest BCUT2D eigenvalue weighted by Gasteiger charge is -2.43. The normalized spacial score (nSPS) is 20.5. The Morgan fingerprint density at radius 3 is 2.96 bits per heavy atom. The van der Waals surface area contributed by atoms with Crippen LogP contribution in [-0.4, -0.2) is 69.4 Å². The summed E-state index contributed by atoms with van der Waals surface area (Å²) in [5, 5.41) is 0.810. The van der Waals surface area contributed by atoms with Gasteiger partial charge < -0.3 is 15.4 Å². The van der Waals surface area contributed by atoms with E-state index in [9.17, 15) is 4.79 Å². The van der Waals surface area contributed by atoms with E-state index in [0.29, 0.717) is 28.6 Å². The fraction of sp³-hybridized carbons (Fsp3) is 0.450. The van der Waals surface area contributed by atoms with Gasteiger partial charge in [-0.25, -0.2) is 9.97 Å². The molecule has 0 aliphatic carbocycles. The number of rotatable bonds is 2. The second-order valence-electron chi connectivity index (χ2n) is 7.58. The first-order valence-corrected chi connectivity index (χ1v) is 9.80. The summed E-state index contributed by atoms with van der Waals surface area (Å²) in [4.78, 5) is 26.7. The lowest BCUT2D eigenvalue weighted by atomic mass is 9.99. The molecule has 1 aromatic carbocycles. The minimum Gasteiger partial charge on any atom is -0.494 e. The van der Waals surface area contributed by atoms with Gasteiger partial charge in [0.05, 0.1) is 7.11 Å². The third-order valence-electron chi connectivity index (χ3n) is 5.98. The molecule has 1 atom stereocenters. The monoisotopic (exact) mass is 380 g/mol. The molecule has 146 valence electrons. The van der Waals surface area contributed by atoms with Crippen molar-refractivity contribution < 1.29 is 9.53 Å². The van der Waals surface area contributed by atoms with E-state index in [0.717, 1.165) is 38.0 Å². The Labute approximate surface area is 162 Å². The fourth-order valence-corrected chi connectivity index (χ4v) is 4.50. The van der Waals surface area contributed by atoms with Crippen LogP contribution in [0.4, 0.5) is 5.95 Å². The summed E-state index contributed by atoms with van der Waals surface area (Å²) < 4.78 is 7.08. The Kier molecular flexibility index (Phi) is 4.08. The smallest absolute Gasteiger partial charge is 0.274 e. The molecule has 2 saturated heterocycles. The van der Waals surface area contributed by atoms with Crippen LogP contribution in [0.3, 0.4) is 0 Å². The molecule has 2 fully saturated rings. The van der Waals surface area contributed by atoms with Crippen molar-refractivity contribution >= 4 is 28.4 Å². The number of nitrogens with two attached hydrogens (primary N) is 1. The molecule has 5 rings (SSSR count). The van der Waals surface area contributed by atoms with Crippen LogP contribution in [0.1, 0.15) is 29.8 Å². The van der Waals surface area contributed by atoms with E-state index in [1.54, 1.807) is 17.7 Å². The van der Waals surface area contributed by atoms with Crippen LogP contribution in [0, 0.1) is 0 Å². The maximum atomic E-state index is 13.2. The topological polar surface area (TPSA) is 89.0 Å². The number of anilines is 1. The maximum absolute atomic E-state index is 13.2. The number of methoxy groups -OCH3 is 1. The number of fused-ring (bicyclic) bond motifs is 4. The fourth-order valence-electron chi connectivity index (χ4n) is 4.50. The van der Waals surface area contributed by atoms with Crippen molar-refractivity contribution in [2.24, 2.45) is 0 Å². The van der Waals surface area contributed by atoms with Gasteiger partial charge >= 0.3 is 0 Å². The number of hydrogen-bond donors (Lipinski definition) is 1. The first-order chi connectivity index (χ1) is 13.7. The number of para-hydroxylation sites is 1. The number of carbonyl (C=O) groups is 1. The standard InChI is InChI=1S/C20H24N6O2/c1-28-16-7-4-6-14-17(16)23-20(21)26-12-15(22-18(14)26)19(27)25-10-9-24-8-3-2-5-13(24)11-25/h4,6-7,12-13H,2-3,5,8-11H2,1H3,(H2,21,23). The number of aromatic nitrogens is 3. The summed E-state index contributed by atoms with van der Waals surface area (Å²) >= 11 is 0. The Hall–Kier alpha value is -2.87. The number of imidazole rings is 1. The van der Waals surface area contributed by atoms with E-state index in [1.165, 1.54) is 12.8 Å². The van der Waals surface area contributed by atoms with Crippen LogP contribution < -0.4 is 10.5 Å². The zero-order chi connectivity index (χ0) is 19.3. The molecule has 0 spiro atoms. The van der Waals surface area contributed by atoms with E-state index in [1.807, 2.05) is 23.1 Å². The first kappa shape index (κ1) is 17.2. The molecule has 4 heterocycles. The number of carbonyl (C=O) groups excluding carboxylic acids is 1. The van der Waals surface area contributed by atoms with Gasteiger partial charge in [-0.05, 0) is 31.5 Å². The third-order valence-corrected chi connectivity index (χ3v) is 5.98. The molecule has 2 aliphatic heterocycles. The highest BCUT2D eigenvalue weighted by atomic mass is 16.5. The van der Waals surface area contributed by atoms with Crippen molar-refractivity contribution in [3.8, 4) is 5.75 Å². The summed E-state index contributed by atoms with van der Waals surface area (Å²) in [6.45, 7) is 3.60. The number of ether oxygens (including phenoxy) is 1. The van der Waals surface area contributed by atoms with E-state index < -0.39 is 0 Å². The molecule has 3 aromatic rings. The van der Waals surface area contributed by atoms with Crippen LogP contribution >= 0.6 is 0 Å². The summed E-state index contributed by atoms with van der Waals surface area (Å²) in [5.74, 6) is 0.885. The number of piperidine rings is 1. The number of piperazine rings is 1. The minimum atomic E-state index is -0.0376. The maximum Gasteiger partial charge on any atom is 0.274 e. The Balaban J connectivity index is 1.52. The van der Waals surface area contributed by atoms with E-state index in [-0.39, 0.29) is 11.9 Å². The quantitative estimate of drug-likeness (QED) is 0.729. The lowest BCUT2D eigenvalue weighted by Crippen LogP contribution is -2.56. The molecular formula is C20H24N6O2. The number of amides is 1. The van der Waals surface area contributed by atoms with Crippen LogP contribution in [0.5, 0.6) is 5.75 Å². The van der Waals surface area contributed by atoms with Gasteiger partial charge in [0.25, 0.3) is 5.91 Å². The Morgan fingerprint density at radius 1 is 1.21 bits per heavy atom. The predicted octanol–water partition coefficient (Wildman–Crippen LogP) is 1.78. The first-order valence-electron chi connectivity index (χ1n) is 9.80. The second-order valence-corrected chi connectivity index (χ2v) is 7.58. The van der Waals surface area contributed by atoms with Gasteiger partial charge in [-0.3, -0.25) is 14.1 Å². The molecule has 2 aliphatic rings. The molecule has 8 nitrogen and oxygen atoms in total. The average Bonchev–Trinajstić information content (AvgIpc) is 3.19. The highest BCUT2D eigenvalue weighted by molar-refractivity contribution is 5.99. The number of benzene rings is 1. The molecule has 0 saturated carbocycles. The molecule has 0 radical (unpaired) electrons. The van der Waals surface area contributed by atoms with Gasteiger partial charge in [-0.15, -0.1) is 0 Å². The van der Waals surface area contributed by atoms with Gasteiger partial charge in [-0.2, -0.15) is 0 Å². The van der Waals surface area contributed by atoms with Crippen molar-refractivity contribution in [1.82, 2.24) is 24.2 Å². The predicted molar refractivity (Wildman–Crippen MR) is 107 cm³/mol. The van der Waals surface area contributed by atoms with Gasteiger partial charge in [0.1, 0.15) is 22.6 Å². The van der Waals surface area contributed by atoms with E-state index in [4.69, 9.17) is 10.5 Å². The van der Waals surface area contributed by atoms with Crippen molar-refractivity contribution in [2.75, 3.05) is 39.0 Å². The molecule has 28 heavy (non-hydrogen) atoms. The van der Waals surface area contributed by atoms with Gasteiger partial charge in [-0.1, -0.05) is 12.5 Å². The summed E-state index contributed by atoms with van der Waals surface area (Å²) in [7, 11) is 1.60. The summed E-state index contributed by atoms with van der Waals surface area (Å²) in [6, 6.07) is 6.11. The largest absolute Gasteiger partial charge is 0.494 e. The van der Waals surface area contributed by atoms with Gasteiger partial charge in [0.2, 0.25) is 5.95 Å². The average molecular weight is 380 g/mol. The van der Waals surface area contributed by atoms with Crippen molar-refractivity contribution in [3.05, 3.63) is 30.1 Å². The SMILES string of the molecule is COc1cccc2c1nc(N)n1cc(C(=O)N3CCN4CCCCC4C3)nc21. The van der Waals surface area contributed by atoms with E-state index in [2.05, 4.69) is 14.9 Å². The van der Waals surface area contributed by atoms with Gasteiger partial charge in [0, 0.05) is 37.3 Å². The number of nitrogens with zero attached hydrogens (tertiary/aromatic N) is 5. The third kappa shape index (κ3) is 2.67. The molecule has 1 unspecified atom stereocenters. The van der Waals surface area contributed by atoms with Crippen molar-refractivity contribution in [1.29, 1.82) is 0 Å². The number of nitrogen functional groups attached to an aromatic ring is 1. The Bertz CT molecular complexity index is 1060. The summed E-state index contributed by atoms with van der Waals surface area (Å²) in [6.07, 6.45) is 5.37. The molecule has 1 amide bonds. The minimum absolute atomic E-state index is 0.0376. The van der Waals surface area contributed by atoms with E-state index >= 15 is 0 Å². The zero-order valence-corrected chi connectivity index (χ0v) is 16.0. The van der Waals surface area contributed by atoms with Crippen LogP contribution in [-0.2, 0) is 0 Å². The molecule has 0 bridgehead atoms.